The molecule has 1 unspecified atom stereocenters. The lowest BCUT2D eigenvalue weighted by Gasteiger charge is -2.25. The molecule has 0 bridgehead atoms. The molecular formula is C18H24N4O2S. The zero-order valence-corrected chi connectivity index (χ0v) is 15.9. The average Bonchev–Trinajstić information content (AvgIpc) is 2.89. The van der Waals surface area contributed by atoms with Gasteiger partial charge in [-0.1, -0.05) is 12.1 Å². The highest BCUT2D eigenvalue weighted by atomic mass is 32.2. The summed E-state index contributed by atoms with van der Waals surface area (Å²) >= 11 is 0. The molecule has 1 aliphatic rings. The van der Waals surface area contributed by atoms with E-state index >= 15 is 0 Å². The summed E-state index contributed by atoms with van der Waals surface area (Å²) in [4.78, 5) is 11.0. The first-order valence-corrected chi connectivity index (χ1v) is 10.2. The SMILES string of the molecule is Cc1ccc(C)c(Nc2nc(C)cc(N(C)C3CCS(=O)(=O)C3)n2)c1. The van der Waals surface area contributed by atoms with Gasteiger partial charge in [-0.2, -0.15) is 4.98 Å². The van der Waals surface area contributed by atoms with E-state index in [0.717, 1.165) is 28.3 Å². The highest BCUT2D eigenvalue weighted by molar-refractivity contribution is 7.91. The van der Waals surface area contributed by atoms with Crippen molar-refractivity contribution < 1.29 is 8.42 Å². The van der Waals surface area contributed by atoms with Gasteiger partial charge in [-0.15, -0.1) is 0 Å². The third-order valence-electron chi connectivity index (χ3n) is 4.60. The Balaban J connectivity index is 1.86. The standard InChI is InChI=1S/C18H24N4O2S/c1-12-5-6-13(2)16(9-12)20-18-19-14(3)10-17(21-18)22(4)15-7-8-25(23,24)11-15/h5-6,9-10,15H,7-8,11H2,1-4H3,(H,19,20,21). The third-order valence-corrected chi connectivity index (χ3v) is 6.35. The minimum Gasteiger partial charge on any atom is -0.355 e. The average molecular weight is 360 g/mol. The van der Waals surface area contributed by atoms with Gasteiger partial charge in [0.2, 0.25) is 5.95 Å². The number of hydrogen-bond donors (Lipinski definition) is 1. The minimum atomic E-state index is -2.93. The van der Waals surface area contributed by atoms with Gasteiger partial charge in [0.05, 0.1) is 11.5 Å². The van der Waals surface area contributed by atoms with E-state index in [0.29, 0.717) is 12.4 Å². The van der Waals surface area contributed by atoms with Crippen molar-refractivity contribution in [3.63, 3.8) is 0 Å². The first kappa shape index (κ1) is 17.7. The van der Waals surface area contributed by atoms with Crippen molar-refractivity contribution in [3.8, 4) is 0 Å². The van der Waals surface area contributed by atoms with Gasteiger partial charge in [0.1, 0.15) is 5.82 Å². The molecule has 134 valence electrons. The first-order valence-electron chi connectivity index (χ1n) is 8.37. The molecule has 0 spiro atoms. The maximum absolute atomic E-state index is 11.7. The Labute approximate surface area is 149 Å². The fourth-order valence-corrected chi connectivity index (χ4v) is 4.82. The van der Waals surface area contributed by atoms with Crippen molar-refractivity contribution >= 4 is 27.3 Å². The minimum absolute atomic E-state index is 0.0344. The largest absolute Gasteiger partial charge is 0.355 e. The second-order valence-corrected chi connectivity index (χ2v) is 9.03. The van der Waals surface area contributed by atoms with E-state index in [1.165, 1.54) is 0 Å². The Morgan fingerprint density at radius 3 is 2.60 bits per heavy atom. The van der Waals surface area contributed by atoms with E-state index in [4.69, 9.17) is 0 Å². The van der Waals surface area contributed by atoms with E-state index in [1.807, 2.05) is 38.8 Å². The van der Waals surface area contributed by atoms with Gasteiger partial charge in [0.25, 0.3) is 0 Å². The van der Waals surface area contributed by atoms with Gasteiger partial charge in [-0.05, 0) is 44.4 Å². The highest BCUT2D eigenvalue weighted by Crippen LogP contribution is 2.25. The van der Waals surface area contributed by atoms with E-state index in [-0.39, 0.29) is 17.5 Å². The van der Waals surface area contributed by atoms with Crippen LogP contribution >= 0.6 is 0 Å². The van der Waals surface area contributed by atoms with Gasteiger partial charge in [0, 0.05) is 30.5 Å². The summed E-state index contributed by atoms with van der Waals surface area (Å²) in [7, 11) is -1.03. The molecule has 1 saturated heterocycles. The molecule has 0 radical (unpaired) electrons. The number of sulfone groups is 1. The summed E-state index contributed by atoms with van der Waals surface area (Å²) < 4.78 is 23.5. The number of rotatable bonds is 4. The quantitative estimate of drug-likeness (QED) is 0.904. The van der Waals surface area contributed by atoms with Crippen LogP contribution in [-0.4, -0.2) is 43.0 Å². The summed E-state index contributed by atoms with van der Waals surface area (Å²) in [5.41, 5.74) is 4.09. The molecule has 6 nitrogen and oxygen atoms in total. The predicted molar refractivity (Wildman–Crippen MR) is 101 cm³/mol. The number of aryl methyl sites for hydroxylation is 3. The number of nitrogens with one attached hydrogen (secondary N) is 1. The summed E-state index contributed by atoms with van der Waals surface area (Å²) in [5, 5.41) is 3.29. The predicted octanol–water partition coefficient (Wildman–Crippen LogP) is 2.77. The van der Waals surface area contributed by atoms with Crippen LogP contribution < -0.4 is 10.2 Å². The van der Waals surface area contributed by atoms with Gasteiger partial charge in [0.15, 0.2) is 9.84 Å². The Morgan fingerprint density at radius 2 is 1.92 bits per heavy atom. The molecule has 1 aliphatic heterocycles. The molecule has 0 aliphatic carbocycles. The van der Waals surface area contributed by atoms with Crippen LogP contribution in [0.15, 0.2) is 24.3 Å². The molecule has 3 rings (SSSR count). The lowest BCUT2D eigenvalue weighted by atomic mass is 10.1. The molecule has 0 amide bonds. The Bertz CT molecular complexity index is 896. The monoisotopic (exact) mass is 360 g/mol. The fourth-order valence-electron chi connectivity index (χ4n) is 3.05. The summed E-state index contributed by atoms with van der Waals surface area (Å²) in [6.45, 7) is 5.99. The Morgan fingerprint density at radius 1 is 1.16 bits per heavy atom. The highest BCUT2D eigenvalue weighted by Gasteiger charge is 2.31. The van der Waals surface area contributed by atoms with Crippen LogP contribution in [0.3, 0.4) is 0 Å². The van der Waals surface area contributed by atoms with Crippen LogP contribution in [0.4, 0.5) is 17.5 Å². The van der Waals surface area contributed by atoms with Crippen LogP contribution in [0.1, 0.15) is 23.2 Å². The van der Waals surface area contributed by atoms with Gasteiger partial charge in [-0.25, -0.2) is 13.4 Å². The second kappa shape index (κ2) is 6.63. The van der Waals surface area contributed by atoms with Crippen molar-refractivity contribution in [2.24, 2.45) is 0 Å². The molecule has 2 aromatic rings. The summed E-state index contributed by atoms with van der Waals surface area (Å²) in [6, 6.07) is 8.04. The van der Waals surface area contributed by atoms with Crippen LogP contribution in [-0.2, 0) is 9.84 Å². The van der Waals surface area contributed by atoms with Crippen molar-refractivity contribution in [2.45, 2.75) is 33.2 Å². The fraction of sp³-hybridized carbons (Fsp3) is 0.444. The molecule has 1 aromatic heterocycles. The molecule has 7 heteroatoms. The third kappa shape index (κ3) is 4.10. The van der Waals surface area contributed by atoms with Crippen molar-refractivity contribution in [3.05, 3.63) is 41.1 Å². The topological polar surface area (TPSA) is 75.2 Å². The second-order valence-electron chi connectivity index (χ2n) is 6.80. The van der Waals surface area contributed by atoms with Crippen LogP contribution in [0, 0.1) is 20.8 Å². The van der Waals surface area contributed by atoms with Gasteiger partial charge in [-0.3, -0.25) is 0 Å². The molecule has 1 atom stereocenters. The number of aromatic nitrogens is 2. The van der Waals surface area contributed by atoms with Crippen LogP contribution in [0.25, 0.3) is 0 Å². The van der Waals surface area contributed by atoms with Gasteiger partial charge >= 0.3 is 0 Å². The van der Waals surface area contributed by atoms with Gasteiger partial charge < -0.3 is 10.2 Å². The zero-order valence-electron chi connectivity index (χ0n) is 15.1. The molecule has 1 N–H and O–H groups in total. The van der Waals surface area contributed by atoms with E-state index < -0.39 is 9.84 Å². The normalized spacial score (nSPS) is 19.0. The maximum Gasteiger partial charge on any atom is 0.229 e. The zero-order chi connectivity index (χ0) is 18.2. The first-order chi connectivity index (χ1) is 11.7. The van der Waals surface area contributed by atoms with Crippen molar-refractivity contribution in [2.75, 3.05) is 28.8 Å². The smallest absolute Gasteiger partial charge is 0.229 e. The van der Waals surface area contributed by atoms with Crippen LogP contribution in [0.2, 0.25) is 0 Å². The lowest BCUT2D eigenvalue weighted by Crippen LogP contribution is -2.33. The molecule has 0 saturated carbocycles. The van der Waals surface area contributed by atoms with Crippen molar-refractivity contribution in [1.29, 1.82) is 0 Å². The van der Waals surface area contributed by atoms with E-state index in [9.17, 15) is 8.42 Å². The Hall–Kier alpha value is -2.15. The lowest BCUT2D eigenvalue weighted by molar-refractivity contribution is 0.600. The maximum atomic E-state index is 11.7. The molecular weight excluding hydrogens is 336 g/mol. The van der Waals surface area contributed by atoms with Crippen molar-refractivity contribution in [1.82, 2.24) is 9.97 Å². The molecule has 2 heterocycles. The molecule has 1 aromatic carbocycles. The number of anilines is 3. The number of nitrogens with zero attached hydrogens (tertiary/aromatic N) is 3. The van der Waals surface area contributed by atoms with E-state index in [1.54, 1.807) is 0 Å². The van der Waals surface area contributed by atoms with Crippen LogP contribution in [0.5, 0.6) is 0 Å². The summed E-state index contributed by atoms with van der Waals surface area (Å²) in [6.07, 6.45) is 0.641. The number of hydrogen-bond acceptors (Lipinski definition) is 6. The molecule has 25 heavy (non-hydrogen) atoms. The number of benzene rings is 1. The Kier molecular flexibility index (Phi) is 4.69. The summed E-state index contributed by atoms with van der Waals surface area (Å²) in [5.74, 6) is 1.70. The van der Waals surface area contributed by atoms with E-state index in [2.05, 4.69) is 33.5 Å². The molecule has 1 fully saturated rings.